The van der Waals surface area contributed by atoms with Crippen LogP contribution in [0.15, 0.2) is 59.5 Å². The van der Waals surface area contributed by atoms with Crippen molar-refractivity contribution in [1.82, 2.24) is 9.62 Å². The van der Waals surface area contributed by atoms with Crippen molar-refractivity contribution in [2.45, 2.75) is 29.8 Å². The average Bonchev–Trinajstić information content (AvgIpc) is 3.28. The highest BCUT2D eigenvalue weighted by Gasteiger charge is 2.47. The predicted octanol–water partition coefficient (Wildman–Crippen LogP) is 2.17. The van der Waals surface area contributed by atoms with E-state index in [4.69, 9.17) is 4.74 Å². The van der Waals surface area contributed by atoms with Crippen molar-refractivity contribution in [3.05, 3.63) is 60.4 Å². The maximum absolute atomic E-state index is 12.9. The Bertz CT molecular complexity index is 950. The van der Waals surface area contributed by atoms with E-state index in [0.29, 0.717) is 18.7 Å². The predicted molar refractivity (Wildman–Crippen MR) is 101 cm³/mol. The second kappa shape index (κ2) is 7.52. The molecule has 2 fully saturated rings. The van der Waals surface area contributed by atoms with Crippen LogP contribution < -0.4 is 9.46 Å². The van der Waals surface area contributed by atoms with Crippen LogP contribution in [0.4, 0.5) is 4.39 Å². The number of hydrogen-bond acceptors (Lipinski definition) is 4. The number of hydrogen-bond donors (Lipinski definition) is 1. The molecule has 0 radical (unpaired) electrons. The molecule has 2 aromatic rings. The number of fused-ring (bicyclic) bond motifs is 2. The van der Waals surface area contributed by atoms with Crippen molar-refractivity contribution < 1.29 is 22.3 Å². The van der Waals surface area contributed by atoms with E-state index in [1.165, 1.54) is 24.3 Å². The Morgan fingerprint density at radius 3 is 2.46 bits per heavy atom. The van der Waals surface area contributed by atoms with Gasteiger partial charge < -0.3 is 9.64 Å². The smallest absolute Gasteiger partial charge is 0.260 e. The van der Waals surface area contributed by atoms with Crippen LogP contribution in [0, 0.1) is 11.7 Å². The molecule has 1 amide bonds. The number of rotatable bonds is 6. The minimum Gasteiger partial charge on any atom is -0.484 e. The van der Waals surface area contributed by atoms with Crippen molar-refractivity contribution >= 4 is 15.9 Å². The zero-order valence-corrected chi connectivity index (χ0v) is 15.9. The van der Waals surface area contributed by atoms with Crippen LogP contribution in [-0.2, 0) is 14.8 Å². The SMILES string of the molecule is O=C(COc1ccc(F)cc1)N1C[C@@H]2C[C@H]1C[C@@H]2NS(=O)(=O)c1ccccc1. The molecule has 1 heterocycles. The number of sulfonamides is 1. The fourth-order valence-electron chi connectivity index (χ4n) is 4.03. The molecule has 0 unspecified atom stereocenters. The second-order valence-corrected chi connectivity index (χ2v) is 8.93. The molecule has 0 aromatic heterocycles. The highest BCUT2D eigenvalue weighted by molar-refractivity contribution is 7.89. The Labute approximate surface area is 163 Å². The first-order chi connectivity index (χ1) is 13.4. The van der Waals surface area contributed by atoms with E-state index in [2.05, 4.69) is 4.72 Å². The highest BCUT2D eigenvalue weighted by Crippen LogP contribution is 2.38. The molecular weight excluding hydrogens is 383 g/mol. The maximum Gasteiger partial charge on any atom is 0.260 e. The van der Waals surface area contributed by atoms with E-state index in [1.54, 1.807) is 35.2 Å². The Balaban J connectivity index is 1.32. The summed E-state index contributed by atoms with van der Waals surface area (Å²) in [4.78, 5) is 14.5. The molecule has 2 bridgehead atoms. The lowest BCUT2D eigenvalue weighted by atomic mass is 10.0. The van der Waals surface area contributed by atoms with E-state index in [9.17, 15) is 17.6 Å². The van der Waals surface area contributed by atoms with Crippen LogP contribution in [0.25, 0.3) is 0 Å². The van der Waals surface area contributed by atoms with Gasteiger partial charge >= 0.3 is 0 Å². The lowest BCUT2D eigenvalue weighted by molar-refractivity contribution is -0.135. The summed E-state index contributed by atoms with van der Waals surface area (Å²) in [5, 5.41) is 0. The lowest BCUT2D eigenvalue weighted by Crippen LogP contribution is -2.48. The summed E-state index contributed by atoms with van der Waals surface area (Å²) >= 11 is 0. The topological polar surface area (TPSA) is 75.7 Å². The van der Waals surface area contributed by atoms with Crippen molar-refractivity contribution in [1.29, 1.82) is 0 Å². The fourth-order valence-corrected chi connectivity index (χ4v) is 5.37. The first kappa shape index (κ1) is 18.9. The van der Waals surface area contributed by atoms with Crippen molar-refractivity contribution in [2.75, 3.05) is 13.2 Å². The fraction of sp³-hybridized carbons (Fsp3) is 0.350. The Kier molecular flexibility index (Phi) is 5.07. The molecule has 1 N–H and O–H groups in total. The average molecular weight is 404 g/mol. The quantitative estimate of drug-likeness (QED) is 0.801. The van der Waals surface area contributed by atoms with Crippen LogP contribution in [0.5, 0.6) is 5.75 Å². The van der Waals surface area contributed by atoms with Gasteiger partial charge in [0.1, 0.15) is 11.6 Å². The van der Waals surface area contributed by atoms with Gasteiger partial charge in [-0.2, -0.15) is 0 Å². The van der Waals surface area contributed by atoms with Gasteiger partial charge in [-0.25, -0.2) is 17.5 Å². The molecule has 28 heavy (non-hydrogen) atoms. The van der Waals surface area contributed by atoms with Crippen molar-refractivity contribution in [3.63, 3.8) is 0 Å². The van der Waals surface area contributed by atoms with Crippen LogP contribution in [0.1, 0.15) is 12.8 Å². The molecule has 1 aliphatic carbocycles. The molecule has 2 aromatic carbocycles. The summed E-state index contributed by atoms with van der Waals surface area (Å²) in [5.41, 5.74) is 0. The van der Waals surface area contributed by atoms with Gasteiger partial charge in [-0.05, 0) is 55.2 Å². The summed E-state index contributed by atoms with van der Waals surface area (Å²) in [7, 11) is -3.56. The first-order valence-electron chi connectivity index (χ1n) is 9.17. The zero-order valence-electron chi connectivity index (χ0n) is 15.1. The van der Waals surface area contributed by atoms with E-state index >= 15 is 0 Å². The maximum atomic E-state index is 12.9. The normalized spacial score (nSPS) is 23.8. The Morgan fingerprint density at radius 2 is 1.82 bits per heavy atom. The molecule has 8 heteroatoms. The number of nitrogens with zero attached hydrogens (tertiary/aromatic N) is 1. The largest absolute Gasteiger partial charge is 0.484 e. The van der Waals surface area contributed by atoms with Gasteiger partial charge in [-0.1, -0.05) is 18.2 Å². The minimum atomic E-state index is -3.56. The third-order valence-corrected chi connectivity index (χ3v) is 6.90. The number of nitrogens with one attached hydrogen (secondary N) is 1. The number of carbonyl (C=O) groups excluding carboxylic acids is 1. The Morgan fingerprint density at radius 1 is 1.11 bits per heavy atom. The molecular formula is C20H21FN2O4S. The van der Waals surface area contributed by atoms with Gasteiger partial charge in [0.25, 0.3) is 5.91 Å². The van der Waals surface area contributed by atoms with E-state index in [-0.39, 0.29) is 41.2 Å². The summed E-state index contributed by atoms with van der Waals surface area (Å²) in [6, 6.07) is 13.6. The molecule has 1 saturated heterocycles. The molecule has 0 spiro atoms. The van der Waals surface area contributed by atoms with Gasteiger partial charge in [-0.3, -0.25) is 4.79 Å². The third-order valence-electron chi connectivity index (χ3n) is 5.40. The van der Waals surface area contributed by atoms with Gasteiger partial charge in [0.2, 0.25) is 10.0 Å². The molecule has 1 aliphatic heterocycles. The van der Waals surface area contributed by atoms with E-state index < -0.39 is 10.0 Å². The Hall–Kier alpha value is -2.45. The van der Waals surface area contributed by atoms with E-state index in [1.807, 2.05) is 0 Å². The lowest BCUT2D eigenvalue weighted by Gasteiger charge is -2.31. The third kappa shape index (κ3) is 3.88. The van der Waals surface area contributed by atoms with Gasteiger partial charge in [0, 0.05) is 18.6 Å². The van der Waals surface area contributed by atoms with Crippen LogP contribution >= 0.6 is 0 Å². The number of carbonyl (C=O) groups is 1. The van der Waals surface area contributed by atoms with Crippen molar-refractivity contribution in [2.24, 2.45) is 5.92 Å². The zero-order chi connectivity index (χ0) is 19.7. The molecule has 1 saturated carbocycles. The molecule has 4 rings (SSSR count). The number of piperidine rings is 1. The van der Waals surface area contributed by atoms with Gasteiger partial charge in [-0.15, -0.1) is 0 Å². The summed E-state index contributed by atoms with van der Waals surface area (Å²) in [6.07, 6.45) is 1.38. The highest BCUT2D eigenvalue weighted by atomic mass is 32.2. The summed E-state index contributed by atoms with van der Waals surface area (Å²) in [6.45, 7) is 0.396. The number of ether oxygens (including phenoxy) is 1. The molecule has 148 valence electrons. The number of likely N-dealkylation sites (tertiary alicyclic amines) is 1. The summed E-state index contributed by atoms with van der Waals surface area (Å²) in [5.74, 6) is 0.0339. The molecule has 2 aliphatic rings. The standard InChI is InChI=1S/C20H21FN2O4S/c21-15-6-8-17(9-7-15)27-13-20(24)23-12-14-10-16(23)11-19(14)22-28(25,26)18-4-2-1-3-5-18/h1-9,14,16,19,22H,10-13H2/t14-,16-,19-/m0/s1. The second-order valence-electron chi connectivity index (χ2n) is 7.21. The van der Waals surface area contributed by atoms with Crippen LogP contribution in [0.2, 0.25) is 0 Å². The van der Waals surface area contributed by atoms with Gasteiger partial charge in [0.15, 0.2) is 6.61 Å². The van der Waals surface area contributed by atoms with Crippen LogP contribution in [-0.4, -0.2) is 44.5 Å². The molecule has 6 nitrogen and oxygen atoms in total. The molecule has 3 atom stereocenters. The number of halogens is 1. The van der Waals surface area contributed by atoms with E-state index in [0.717, 1.165) is 6.42 Å². The monoisotopic (exact) mass is 404 g/mol. The number of amides is 1. The number of benzene rings is 2. The van der Waals surface area contributed by atoms with Crippen molar-refractivity contribution in [3.8, 4) is 5.75 Å². The minimum absolute atomic E-state index is 0.0118. The van der Waals surface area contributed by atoms with Gasteiger partial charge in [0.05, 0.1) is 4.90 Å². The van der Waals surface area contributed by atoms with Crippen LogP contribution in [0.3, 0.4) is 0 Å². The first-order valence-corrected chi connectivity index (χ1v) is 10.7. The summed E-state index contributed by atoms with van der Waals surface area (Å²) < 4.78 is 46.2.